The van der Waals surface area contributed by atoms with Crippen LogP contribution in [0.2, 0.25) is 0 Å². The maximum atomic E-state index is 11.5. The Kier molecular flexibility index (Phi) is 2.46. The number of fused-ring (bicyclic) bond motifs is 1. The minimum Gasteiger partial charge on any atom is -0.361 e. The minimum absolute atomic E-state index is 0.00641. The Morgan fingerprint density at radius 1 is 1.33 bits per heavy atom. The molecule has 2 rings (SSSR count). The van der Waals surface area contributed by atoms with Gasteiger partial charge in [-0.25, -0.2) is 0 Å². The fourth-order valence-electron chi connectivity index (χ4n) is 1.42. The maximum absolute atomic E-state index is 11.5. The number of anilines is 1. The number of nitrogens with one attached hydrogen (secondary N) is 2. The van der Waals surface area contributed by atoms with Crippen molar-refractivity contribution in [1.29, 1.82) is 0 Å². The summed E-state index contributed by atoms with van der Waals surface area (Å²) in [6.07, 6.45) is 1.89. The molecule has 1 heterocycles. The molecule has 78 valence electrons. The number of hydrogen-bond donors (Lipinski definition) is 2. The second kappa shape index (κ2) is 3.77. The molecule has 15 heavy (non-hydrogen) atoms. The lowest BCUT2D eigenvalue weighted by Gasteiger charge is -2.07. The van der Waals surface area contributed by atoms with Gasteiger partial charge in [-0.2, -0.15) is 0 Å². The molecule has 1 aromatic heterocycles. The monoisotopic (exact) mass is 202 g/mol. The predicted molar refractivity (Wildman–Crippen MR) is 61.8 cm³/mol. The van der Waals surface area contributed by atoms with E-state index in [4.69, 9.17) is 0 Å². The molecule has 2 N–H and O–H groups in total. The first-order chi connectivity index (χ1) is 7.16. The van der Waals surface area contributed by atoms with Gasteiger partial charge in [0.1, 0.15) is 0 Å². The zero-order chi connectivity index (χ0) is 10.8. The molecule has 0 spiro atoms. The first kappa shape index (κ1) is 9.77. The number of aromatic nitrogens is 1. The van der Waals surface area contributed by atoms with E-state index in [1.807, 2.05) is 44.3 Å². The van der Waals surface area contributed by atoms with Crippen LogP contribution in [-0.2, 0) is 4.79 Å². The van der Waals surface area contributed by atoms with Crippen LogP contribution in [0.3, 0.4) is 0 Å². The van der Waals surface area contributed by atoms with Crippen molar-refractivity contribution in [2.45, 2.75) is 13.8 Å². The molecule has 0 fully saturated rings. The van der Waals surface area contributed by atoms with Crippen molar-refractivity contribution in [3.63, 3.8) is 0 Å². The van der Waals surface area contributed by atoms with Crippen molar-refractivity contribution in [2.24, 2.45) is 5.92 Å². The standard InChI is InChI=1S/C12H14N2O/c1-8(2)12(15)14-10-3-4-11-9(7-10)5-6-13-11/h3-8,13H,1-2H3,(H,14,15). The lowest BCUT2D eigenvalue weighted by molar-refractivity contribution is -0.118. The smallest absolute Gasteiger partial charge is 0.226 e. The summed E-state index contributed by atoms with van der Waals surface area (Å²) in [6.45, 7) is 3.76. The Balaban J connectivity index is 2.25. The van der Waals surface area contributed by atoms with Gasteiger partial charge in [0.25, 0.3) is 0 Å². The van der Waals surface area contributed by atoms with Gasteiger partial charge in [-0.3, -0.25) is 4.79 Å². The van der Waals surface area contributed by atoms with E-state index < -0.39 is 0 Å². The number of benzene rings is 1. The minimum atomic E-state index is 0.00641. The molecule has 0 aliphatic carbocycles. The normalized spacial score (nSPS) is 10.9. The SMILES string of the molecule is CC(C)C(=O)Nc1ccc2[nH]ccc2c1. The van der Waals surface area contributed by atoms with Crippen LogP contribution in [0.15, 0.2) is 30.5 Å². The van der Waals surface area contributed by atoms with Crippen LogP contribution in [0.25, 0.3) is 10.9 Å². The summed E-state index contributed by atoms with van der Waals surface area (Å²) in [6, 6.07) is 7.82. The highest BCUT2D eigenvalue weighted by atomic mass is 16.1. The highest BCUT2D eigenvalue weighted by Crippen LogP contribution is 2.18. The van der Waals surface area contributed by atoms with E-state index in [1.165, 1.54) is 0 Å². The summed E-state index contributed by atoms with van der Waals surface area (Å²) < 4.78 is 0. The molecule has 3 nitrogen and oxygen atoms in total. The Bertz CT molecular complexity index is 485. The number of H-pyrrole nitrogens is 1. The second-order valence-corrected chi connectivity index (χ2v) is 3.92. The van der Waals surface area contributed by atoms with Crippen molar-refractivity contribution in [3.05, 3.63) is 30.5 Å². The van der Waals surface area contributed by atoms with Crippen molar-refractivity contribution >= 4 is 22.5 Å². The number of aromatic amines is 1. The van der Waals surface area contributed by atoms with E-state index in [-0.39, 0.29) is 11.8 Å². The quantitative estimate of drug-likeness (QED) is 0.772. The second-order valence-electron chi connectivity index (χ2n) is 3.92. The van der Waals surface area contributed by atoms with E-state index >= 15 is 0 Å². The third-order valence-electron chi connectivity index (χ3n) is 2.35. The number of amides is 1. The Labute approximate surface area is 88.5 Å². The summed E-state index contributed by atoms with van der Waals surface area (Å²) in [7, 11) is 0. The summed E-state index contributed by atoms with van der Waals surface area (Å²) in [5.41, 5.74) is 1.93. The van der Waals surface area contributed by atoms with Gasteiger partial charge in [-0.1, -0.05) is 13.8 Å². The average molecular weight is 202 g/mol. The topological polar surface area (TPSA) is 44.9 Å². The molecule has 0 aliphatic heterocycles. The number of carbonyl (C=O) groups excluding carboxylic acids is 1. The highest BCUT2D eigenvalue weighted by Gasteiger charge is 2.07. The maximum Gasteiger partial charge on any atom is 0.226 e. The molecule has 0 atom stereocenters. The van der Waals surface area contributed by atoms with Gasteiger partial charge in [-0.05, 0) is 24.3 Å². The molecule has 1 aromatic carbocycles. The summed E-state index contributed by atoms with van der Waals surface area (Å²) in [5, 5.41) is 3.98. The van der Waals surface area contributed by atoms with Crippen molar-refractivity contribution in [2.75, 3.05) is 5.32 Å². The first-order valence-corrected chi connectivity index (χ1v) is 5.05. The molecule has 0 aliphatic rings. The van der Waals surface area contributed by atoms with Gasteiger partial charge in [0.15, 0.2) is 0 Å². The third-order valence-corrected chi connectivity index (χ3v) is 2.35. The molecule has 0 saturated heterocycles. The van der Waals surface area contributed by atoms with E-state index in [1.54, 1.807) is 0 Å². The molecule has 0 unspecified atom stereocenters. The van der Waals surface area contributed by atoms with Gasteiger partial charge in [0.2, 0.25) is 5.91 Å². The summed E-state index contributed by atoms with van der Waals surface area (Å²) in [4.78, 5) is 14.6. The third kappa shape index (κ3) is 2.01. The van der Waals surface area contributed by atoms with Crippen molar-refractivity contribution < 1.29 is 4.79 Å². The summed E-state index contributed by atoms with van der Waals surface area (Å²) in [5.74, 6) is 0.0526. The Morgan fingerprint density at radius 2 is 2.13 bits per heavy atom. The molecular weight excluding hydrogens is 188 g/mol. The number of carbonyl (C=O) groups is 1. The van der Waals surface area contributed by atoms with Crippen LogP contribution in [0, 0.1) is 5.92 Å². The van der Waals surface area contributed by atoms with E-state index in [9.17, 15) is 4.79 Å². The molecule has 2 aromatic rings. The van der Waals surface area contributed by atoms with Gasteiger partial charge >= 0.3 is 0 Å². The van der Waals surface area contributed by atoms with Crippen LogP contribution < -0.4 is 5.32 Å². The average Bonchev–Trinajstić information content (AvgIpc) is 2.64. The van der Waals surface area contributed by atoms with Gasteiger partial charge < -0.3 is 10.3 Å². The van der Waals surface area contributed by atoms with Crippen LogP contribution in [0.1, 0.15) is 13.8 Å². The molecule has 0 radical (unpaired) electrons. The van der Waals surface area contributed by atoms with Gasteiger partial charge in [0, 0.05) is 28.7 Å². The van der Waals surface area contributed by atoms with Crippen LogP contribution in [0.4, 0.5) is 5.69 Å². The van der Waals surface area contributed by atoms with Crippen molar-refractivity contribution in [1.82, 2.24) is 4.98 Å². The number of hydrogen-bond acceptors (Lipinski definition) is 1. The van der Waals surface area contributed by atoms with E-state index in [0.29, 0.717) is 0 Å². The van der Waals surface area contributed by atoms with Crippen LogP contribution in [-0.4, -0.2) is 10.9 Å². The molecule has 1 amide bonds. The van der Waals surface area contributed by atoms with Gasteiger partial charge in [-0.15, -0.1) is 0 Å². The lowest BCUT2D eigenvalue weighted by Crippen LogP contribution is -2.17. The predicted octanol–water partition coefficient (Wildman–Crippen LogP) is 2.76. The van der Waals surface area contributed by atoms with Crippen LogP contribution in [0.5, 0.6) is 0 Å². The lowest BCUT2D eigenvalue weighted by atomic mass is 10.2. The zero-order valence-electron chi connectivity index (χ0n) is 8.87. The first-order valence-electron chi connectivity index (χ1n) is 5.05. The Morgan fingerprint density at radius 3 is 2.87 bits per heavy atom. The zero-order valence-corrected chi connectivity index (χ0v) is 8.87. The number of rotatable bonds is 2. The summed E-state index contributed by atoms with van der Waals surface area (Å²) >= 11 is 0. The fraction of sp³-hybridized carbons (Fsp3) is 0.250. The van der Waals surface area contributed by atoms with Gasteiger partial charge in [0.05, 0.1) is 0 Å². The molecule has 0 saturated carbocycles. The largest absolute Gasteiger partial charge is 0.361 e. The van der Waals surface area contributed by atoms with E-state index in [0.717, 1.165) is 16.6 Å². The van der Waals surface area contributed by atoms with Crippen molar-refractivity contribution in [3.8, 4) is 0 Å². The molecule has 0 bridgehead atoms. The Hall–Kier alpha value is -1.77. The van der Waals surface area contributed by atoms with E-state index in [2.05, 4.69) is 10.3 Å². The highest BCUT2D eigenvalue weighted by molar-refractivity contribution is 5.94. The molecular formula is C12H14N2O. The van der Waals surface area contributed by atoms with Crippen LogP contribution >= 0.6 is 0 Å². The molecule has 3 heteroatoms. The fourth-order valence-corrected chi connectivity index (χ4v) is 1.42.